The molecule has 0 aliphatic heterocycles. The van der Waals surface area contributed by atoms with E-state index in [9.17, 15) is 9.59 Å². The van der Waals surface area contributed by atoms with Gasteiger partial charge in [0, 0.05) is 5.69 Å². The van der Waals surface area contributed by atoms with E-state index in [1.807, 2.05) is 25.1 Å². The minimum absolute atomic E-state index is 0.0786. The maximum Gasteiger partial charge on any atom is 0.338 e. The van der Waals surface area contributed by atoms with E-state index in [1.165, 1.54) is 0 Å². The summed E-state index contributed by atoms with van der Waals surface area (Å²) < 4.78 is 11.0. The third-order valence-electron chi connectivity index (χ3n) is 4.79. The third-order valence-corrected chi connectivity index (χ3v) is 4.79. The first-order valence-electron chi connectivity index (χ1n) is 10.7. The molecule has 0 spiro atoms. The van der Waals surface area contributed by atoms with E-state index in [-0.39, 0.29) is 18.5 Å². The number of anilines is 1. The SMILES string of the molecule is CCCCCCOC(=O)c1ccc(NC(=O)COc2cc(C)ccc2C(C)C)cc1. The smallest absolute Gasteiger partial charge is 0.338 e. The number of unbranched alkanes of at least 4 members (excludes halogenated alkanes) is 3. The number of esters is 1. The van der Waals surface area contributed by atoms with Crippen molar-refractivity contribution in [2.45, 2.75) is 59.3 Å². The molecule has 5 nitrogen and oxygen atoms in total. The fourth-order valence-electron chi connectivity index (χ4n) is 3.05. The topological polar surface area (TPSA) is 64.6 Å². The van der Waals surface area contributed by atoms with Crippen LogP contribution < -0.4 is 10.1 Å². The minimum atomic E-state index is -0.339. The average molecular weight is 412 g/mol. The normalized spacial score (nSPS) is 10.7. The molecule has 2 rings (SSSR count). The lowest BCUT2D eigenvalue weighted by Gasteiger charge is -2.15. The molecule has 0 saturated carbocycles. The Morgan fingerprint density at radius 2 is 1.73 bits per heavy atom. The lowest BCUT2D eigenvalue weighted by molar-refractivity contribution is -0.118. The van der Waals surface area contributed by atoms with Gasteiger partial charge in [-0.2, -0.15) is 0 Å². The molecule has 1 amide bonds. The summed E-state index contributed by atoms with van der Waals surface area (Å²) in [6.45, 7) is 8.68. The number of amides is 1. The Labute approximate surface area is 179 Å². The Morgan fingerprint density at radius 3 is 2.40 bits per heavy atom. The molecule has 5 heteroatoms. The Balaban J connectivity index is 1.83. The van der Waals surface area contributed by atoms with E-state index in [0.717, 1.165) is 42.6 Å². The van der Waals surface area contributed by atoms with Crippen LogP contribution in [0, 0.1) is 6.92 Å². The summed E-state index contributed by atoms with van der Waals surface area (Å²) in [5, 5.41) is 2.79. The van der Waals surface area contributed by atoms with Crippen molar-refractivity contribution in [2.24, 2.45) is 0 Å². The molecule has 2 aromatic carbocycles. The zero-order valence-corrected chi connectivity index (χ0v) is 18.5. The first-order valence-corrected chi connectivity index (χ1v) is 10.7. The third kappa shape index (κ3) is 7.54. The van der Waals surface area contributed by atoms with Crippen LogP contribution in [-0.4, -0.2) is 25.1 Å². The molecular weight excluding hydrogens is 378 g/mol. The number of aryl methyl sites for hydroxylation is 1. The number of benzene rings is 2. The van der Waals surface area contributed by atoms with Crippen molar-refractivity contribution in [1.82, 2.24) is 0 Å². The molecule has 0 aliphatic rings. The number of carbonyl (C=O) groups is 2. The van der Waals surface area contributed by atoms with Gasteiger partial charge in [0.2, 0.25) is 0 Å². The van der Waals surface area contributed by atoms with Gasteiger partial charge in [-0.1, -0.05) is 52.2 Å². The van der Waals surface area contributed by atoms with Crippen LogP contribution in [-0.2, 0) is 9.53 Å². The second-order valence-corrected chi connectivity index (χ2v) is 7.81. The lowest BCUT2D eigenvalue weighted by Crippen LogP contribution is -2.20. The number of hydrogen-bond acceptors (Lipinski definition) is 4. The van der Waals surface area contributed by atoms with Gasteiger partial charge in [0.15, 0.2) is 6.61 Å². The molecule has 0 aromatic heterocycles. The highest BCUT2D eigenvalue weighted by Crippen LogP contribution is 2.27. The average Bonchev–Trinajstić information content (AvgIpc) is 2.72. The second kappa shape index (κ2) is 12.0. The molecule has 0 unspecified atom stereocenters. The molecule has 0 bridgehead atoms. The zero-order chi connectivity index (χ0) is 21.9. The summed E-state index contributed by atoms with van der Waals surface area (Å²) in [4.78, 5) is 24.3. The molecular formula is C25H33NO4. The lowest BCUT2D eigenvalue weighted by atomic mass is 10.0. The van der Waals surface area contributed by atoms with Gasteiger partial charge in [-0.05, 0) is 60.7 Å². The monoisotopic (exact) mass is 411 g/mol. The van der Waals surface area contributed by atoms with Crippen LogP contribution in [0.4, 0.5) is 5.69 Å². The summed E-state index contributed by atoms with van der Waals surface area (Å²) in [5.74, 6) is 0.450. The van der Waals surface area contributed by atoms with Crippen molar-refractivity contribution in [3.8, 4) is 5.75 Å². The predicted molar refractivity (Wildman–Crippen MR) is 120 cm³/mol. The van der Waals surface area contributed by atoms with E-state index in [4.69, 9.17) is 9.47 Å². The van der Waals surface area contributed by atoms with E-state index in [2.05, 4.69) is 26.1 Å². The Hall–Kier alpha value is -2.82. The van der Waals surface area contributed by atoms with Crippen molar-refractivity contribution >= 4 is 17.6 Å². The van der Waals surface area contributed by atoms with Crippen molar-refractivity contribution in [3.05, 3.63) is 59.2 Å². The number of hydrogen-bond donors (Lipinski definition) is 1. The highest BCUT2D eigenvalue weighted by molar-refractivity contribution is 5.93. The van der Waals surface area contributed by atoms with Crippen molar-refractivity contribution in [1.29, 1.82) is 0 Å². The number of carbonyl (C=O) groups excluding carboxylic acids is 2. The Kier molecular flexibility index (Phi) is 9.39. The Morgan fingerprint density at radius 1 is 1.00 bits per heavy atom. The molecule has 0 heterocycles. The van der Waals surface area contributed by atoms with Crippen LogP contribution in [0.5, 0.6) is 5.75 Å². The number of nitrogens with one attached hydrogen (secondary N) is 1. The molecule has 0 aliphatic carbocycles. The van der Waals surface area contributed by atoms with Gasteiger partial charge in [-0.25, -0.2) is 4.79 Å². The van der Waals surface area contributed by atoms with Crippen LogP contribution in [0.1, 0.15) is 73.9 Å². The van der Waals surface area contributed by atoms with E-state index in [1.54, 1.807) is 24.3 Å². The van der Waals surface area contributed by atoms with Crippen molar-refractivity contribution in [3.63, 3.8) is 0 Å². The quantitative estimate of drug-likeness (QED) is 0.371. The first kappa shape index (κ1) is 23.5. The van der Waals surface area contributed by atoms with Gasteiger partial charge < -0.3 is 14.8 Å². The summed E-state index contributed by atoms with van der Waals surface area (Å²) in [6, 6.07) is 12.7. The molecule has 162 valence electrons. The zero-order valence-electron chi connectivity index (χ0n) is 18.5. The molecule has 0 saturated heterocycles. The molecule has 2 aromatic rings. The highest BCUT2D eigenvalue weighted by Gasteiger charge is 2.11. The summed E-state index contributed by atoms with van der Waals surface area (Å²) >= 11 is 0. The van der Waals surface area contributed by atoms with E-state index >= 15 is 0 Å². The molecule has 30 heavy (non-hydrogen) atoms. The molecule has 0 radical (unpaired) electrons. The molecule has 0 atom stereocenters. The number of rotatable bonds is 11. The van der Waals surface area contributed by atoms with Gasteiger partial charge in [0.1, 0.15) is 5.75 Å². The largest absolute Gasteiger partial charge is 0.483 e. The van der Waals surface area contributed by atoms with Gasteiger partial charge >= 0.3 is 5.97 Å². The maximum absolute atomic E-state index is 12.3. The standard InChI is InChI=1S/C25H33NO4/c1-5-6-7-8-15-29-25(28)20-10-12-21(13-11-20)26-24(27)17-30-23-16-19(4)9-14-22(23)18(2)3/h9-14,16,18H,5-8,15,17H2,1-4H3,(H,26,27). The number of ether oxygens (including phenoxy) is 2. The van der Waals surface area contributed by atoms with Crippen LogP contribution >= 0.6 is 0 Å². The predicted octanol–water partition coefficient (Wildman–Crippen LogP) is 5.87. The van der Waals surface area contributed by atoms with Crippen LogP contribution in [0.3, 0.4) is 0 Å². The fraction of sp³-hybridized carbons (Fsp3) is 0.440. The van der Waals surface area contributed by atoms with Crippen LogP contribution in [0.2, 0.25) is 0 Å². The Bertz CT molecular complexity index is 828. The van der Waals surface area contributed by atoms with Crippen molar-refractivity contribution in [2.75, 3.05) is 18.5 Å². The fourth-order valence-corrected chi connectivity index (χ4v) is 3.05. The highest BCUT2D eigenvalue weighted by atomic mass is 16.5. The minimum Gasteiger partial charge on any atom is -0.483 e. The summed E-state index contributed by atoms with van der Waals surface area (Å²) in [5.41, 5.74) is 3.24. The molecule has 1 N–H and O–H groups in total. The molecule has 0 fully saturated rings. The van der Waals surface area contributed by atoms with Gasteiger partial charge in [0.05, 0.1) is 12.2 Å². The summed E-state index contributed by atoms with van der Waals surface area (Å²) in [7, 11) is 0. The van der Waals surface area contributed by atoms with E-state index < -0.39 is 0 Å². The van der Waals surface area contributed by atoms with Gasteiger partial charge in [0.25, 0.3) is 5.91 Å². The van der Waals surface area contributed by atoms with Gasteiger partial charge in [-0.3, -0.25) is 4.79 Å². The second-order valence-electron chi connectivity index (χ2n) is 7.81. The van der Waals surface area contributed by atoms with E-state index in [0.29, 0.717) is 23.8 Å². The summed E-state index contributed by atoms with van der Waals surface area (Å²) in [6.07, 6.45) is 4.25. The van der Waals surface area contributed by atoms with Crippen molar-refractivity contribution < 1.29 is 19.1 Å². The maximum atomic E-state index is 12.3. The van der Waals surface area contributed by atoms with Gasteiger partial charge in [-0.15, -0.1) is 0 Å². The van der Waals surface area contributed by atoms with Crippen LogP contribution in [0.25, 0.3) is 0 Å². The first-order chi connectivity index (χ1) is 14.4. The van der Waals surface area contributed by atoms with Crippen LogP contribution in [0.15, 0.2) is 42.5 Å².